The Balaban J connectivity index is 1.60. The second-order valence-corrected chi connectivity index (χ2v) is 7.26. The molecule has 2 aliphatic rings. The fourth-order valence-corrected chi connectivity index (χ4v) is 3.64. The number of hydrogen-bond acceptors (Lipinski definition) is 2. The van der Waals surface area contributed by atoms with Gasteiger partial charge in [-0.2, -0.15) is 0 Å². The van der Waals surface area contributed by atoms with Crippen LogP contribution in [0.25, 0.3) is 0 Å². The first-order valence-electron chi connectivity index (χ1n) is 8.76. The zero-order valence-corrected chi connectivity index (χ0v) is 13.6. The summed E-state index contributed by atoms with van der Waals surface area (Å²) in [7, 11) is 0. The van der Waals surface area contributed by atoms with Crippen molar-refractivity contribution in [3.05, 3.63) is 35.9 Å². The van der Waals surface area contributed by atoms with Crippen LogP contribution in [0.1, 0.15) is 51.1 Å². The monoisotopic (exact) mass is 286 g/mol. The summed E-state index contributed by atoms with van der Waals surface area (Å²) in [4.78, 5) is 2.75. The van der Waals surface area contributed by atoms with E-state index in [4.69, 9.17) is 0 Å². The van der Waals surface area contributed by atoms with Crippen LogP contribution in [0, 0.1) is 11.8 Å². The molecule has 21 heavy (non-hydrogen) atoms. The van der Waals surface area contributed by atoms with E-state index in [1.165, 1.54) is 37.8 Å². The molecule has 3 rings (SSSR count). The second kappa shape index (κ2) is 6.93. The summed E-state index contributed by atoms with van der Waals surface area (Å²) in [6.07, 6.45) is 5.81. The van der Waals surface area contributed by atoms with Gasteiger partial charge in [0.2, 0.25) is 0 Å². The van der Waals surface area contributed by atoms with Crippen molar-refractivity contribution in [1.82, 2.24) is 10.2 Å². The van der Waals surface area contributed by atoms with Crippen LogP contribution in [0.2, 0.25) is 0 Å². The number of nitrogens with zero attached hydrogens (tertiary/aromatic N) is 1. The van der Waals surface area contributed by atoms with E-state index in [2.05, 4.69) is 54.4 Å². The number of benzene rings is 1. The first kappa shape index (κ1) is 15.1. The van der Waals surface area contributed by atoms with Crippen LogP contribution in [0.5, 0.6) is 0 Å². The molecule has 0 amide bonds. The van der Waals surface area contributed by atoms with Crippen molar-refractivity contribution in [2.45, 2.75) is 51.6 Å². The van der Waals surface area contributed by atoms with Crippen molar-refractivity contribution in [1.29, 1.82) is 0 Å². The molecule has 116 valence electrons. The number of piperazine rings is 1. The summed E-state index contributed by atoms with van der Waals surface area (Å²) in [5.74, 6) is 1.80. The van der Waals surface area contributed by atoms with Crippen molar-refractivity contribution in [2.24, 2.45) is 11.8 Å². The molecular weight excluding hydrogens is 256 g/mol. The Morgan fingerprint density at radius 2 is 1.95 bits per heavy atom. The van der Waals surface area contributed by atoms with Gasteiger partial charge in [-0.3, -0.25) is 4.90 Å². The zero-order valence-electron chi connectivity index (χ0n) is 13.6. The van der Waals surface area contributed by atoms with Gasteiger partial charge in [0.05, 0.1) is 0 Å². The largest absolute Gasteiger partial charge is 0.307 e. The highest BCUT2D eigenvalue weighted by Gasteiger charge is 2.30. The van der Waals surface area contributed by atoms with Gasteiger partial charge >= 0.3 is 0 Å². The Kier molecular flexibility index (Phi) is 4.97. The molecule has 0 aromatic heterocycles. The molecule has 0 bridgehead atoms. The van der Waals surface area contributed by atoms with Crippen LogP contribution >= 0.6 is 0 Å². The van der Waals surface area contributed by atoms with Crippen LogP contribution in [0.4, 0.5) is 0 Å². The molecule has 0 radical (unpaired) electrons. The molecule has 1 saturated carbocycles. The predicted molar refractivity (Wildman–Crippen MR) is 89.3 cm³/mol. The number of rotatable bonds is 6. The van der Waals surface area contributed by atoms with Gasteiger partial charge in [0.1, 0.15) is 0 Å². The third kappa shape index (κ3) is 4.08. The minimum absolute atomic E-state index is 0.502. The predicted octanol–water partition coefficient (Wildman–Crippen LogP) is 3.85. The zero-order chi connectivity index (χ0) is 14.7. The lowest BCUT2D eigenvalue weighted by Crippen LogP contribution is -2.54. The normalized spacial score (nSPS) is 27.2. The summed E-state index contributed by atoms with van der Waals surface area (Å²) in [6, 6.07) is 12.1. The Morgan fingerprint density at radius 1 is 1.19 bits per heavy atom. The maximum atomic E-state index is 3.77. The average Bonchev–Trinajstić information content (AvgIpc) is 3.32. The van der Waals surface area contributed by atoms with E-state index in [0.29, 0.717) is 12.1 Å². The molecule has 2 atom stereocenters. The summed E-state index contributed by atoms with van der Waals surface area (Å²) >= 11 is 0. The van der Waals surface area contributed by atoms with Gasteiger partial charge in [-0.1, -0.05) is 57.0 Å². The van der Waals surface area contributed by atoms with Crippen LogP contribution in [0.3, 0.4) is 0 Å². The standard InChI is InChI=1S/C19H30N2/c1-15(2)19-13-20-18(17-8-4-3-5-9-17)14-21(19)12-6-7-16-10-11-16/h3-5,8-9,15-16,18-20H,6-7,10-14H2,1-2H3. The fraction of sp³-hybridized carbons (Fsp3) is 0.684. The van der Waals surface area contributed by atoms with Crippen molar-refractivity contribution in [3.63, 3.8) is 0 Å². The molecule has 2 heteroatoms. The minimum atomic E-state index is 0.502. The third-order valence-electron chi connectivity index (χ3n) is 5.19. The molecule has 1 aliphatic heterocycles. The fourth-order valence-electron chi connectivity index (χ4n) is 3.64. The van der Waals surface area contributed by atoms with Crippen LogP contribution < -0.4 is 5.32 Å². The molecule has 1 N–H and O–H groups in total. The third-order valence-corrected chi connectivity index (χ3v) is 5.19. The highest BCUT2D eigenvalue weighted by atomic mass is 15.2. The highest BCUT2D eigenvalue weighted by molar-refractivity contribution is 5.20. The Hall–Kier alpha value is -0.860. The Morgan fingerprint density at radius 3 is 2.62 bits per heavy atom. The van der Waals surface area contributed by atoms with Gasteiger partial charge in [0, 0.05) is 25.2 Å². The van der Waals surface area contributed by atoms with Crippen molar-refractivity contribution in [2.75, 3.05) is 19.6 Å². The Bertz CT molecular complexity index is 424. The highest BCUT2D eigenvalue weighted by Crippen LogP contribution is 2.34. The van der Waals surface area contributed by atoms with E-state index < -0.39 is 0 Å². The van der Waals surface area contributed by atoms with E-state index in [0.717, 1.165) is 24.9 Å². The van der Waals surface area contributed by atoms with Gasteiger partial charge in [-0.05, 0) is 36.8 Å². The van der Waals surface area contributed by atoms with E-state index >= 15 is 0 Å². The molecule has 2 nitrogen and oxygen atoms in total. The van der Waals surface area contributed by atoms with E-state index in [1.807, 2.05) is 0 Å². The summed E-state index contributed by atoms with van der Waals surface area (Å²) in [6.45, 7) is 8.30. The lowest BCUT2D eigenvalue weighted by Gasteiger charge is -2.42. The molecule has 1 aromatic rings. The summed E-state index contributed by atoms with van der Waals surface area (Å²) in [5, 5.41) is 3.77. The van der Waals surface area contributed by atoms with Crippen LogP contribution in [0.15, 0.2) is 30.3 Å². The molecule has 2 unspecified atom stereocenters. The molecule has 1 aromatic carbocycles. The quantitative estimate of drug-likeness (QED) is 0.854. The van der Waals surface area contributed by atoms with Crippen LogP contribution in [-0.4, -0.2) is 30.6 Å². The van der Waals surface area contributed by atoms with Gasteiger partial charge in [-0.25, -0.2) is 0 Å². The summed E-state index contributed by atoms with van der Waals surface area (Å²) < 4.78 is 0. The molecular formula is C19H30N2. The first-order valence-corrected chi connectivity index (χ1v) is 8.76. The van der Waals surface area contributed by atoms with E-state index in [1.54, 1.807) is 0 Å². The smallest absolute Gasteiger partial charge is 0.0449 e. The van der Waals surface area contributed by atoms with Gasteiger partial charge in [0.25, 0.3) is 0 Å². The molecule has 1 heterocycles. The lowest BCUT2D eigenvalue weighted by atomic mass is 9.95. The first-order chi connectivity index (χ1) is 10.2. The lowest BCUT2D eigenvalue weighted by molar-refractivity contribution is 0.0960. The van der Waals surface area contributed by atoms with Crippen LogP contribution in [-0.2, 0) is 0 Å². The van der Waals surface area contributed by atoms with Gasteiger partial charge < -0.3 is 5.32 Å². The van der Waals surface area contributed by atoms with Crippen molar-refractivity contribution >= 4 is 0 Å². The maximum absolute atomic E-state index is 3.77. The Labute approximate surface area is 129 Å². The van der Waals surface area contributed by atoms with Gasteiger partial charge in [0.15, 0.2) is 0 Å². The van der Waals surface area contributed by atoms with Gasteiger partial charge in [-0.15, -0.1) is 0 Å². The summed E-state index contributed by atoms with van der Waals surface area (Å²) in [5.41, 5.74) is 1.44. The topological polar surface area (TPSA) is 15.3 Å². The maximum Gasteiger partial charge on any atom is 0.0449 e. The van der Waals surface area contributed by atoms with Crippen molar-refractivity contribution in [3.8, 4) is 0 Å². The van der Waals surface area contributed by atoms with E-state index in [-0.39, 0.29) is 0 Å². The number of hydrogen-bond donors (Lipinski definition) is 1. The molecule has 0 spiro atoms. The number of nitrogens with one attached hydrogen (secondary N) is 1. The van der Waals surface area contributed by atoms with Crippen molar-refractivity contribution < 1.29 is 0 Å². The molecule has 1 aliphatic carbocycles. The molecule has 1 saturated heterocycles. The molecule has 2 fully saturated rings. The SMILES string of the molecule is CC(C)C1CNC(c2ccccc2)CN1CCCC1CC1. The minimum Gasteiger partial charge on any atom is -0.307 e. The average molecular weight is 286 g/mol. The second-order valence-electron chi connectivity index (χ2n) is 7.26. The van der Waals surface area contributed by atoms with E-state index in [9.17, 15) is 0 Å².